The smallest absolute Gasteiger partial charge is 0.381 e. The number of hydrogen-bond donors (Lipinski definition) is 1. The summed E-state index contributed by atoms with van der Waals surface area (Å²) in [6.45, 7) is 2.60. The number of anilines is 1. The topological polar surface area (TPSA) is 54.5 Å². The van der Waals surface area contributed by atoms with Gasteiger partial charge in [0.1, 0.15) is 5.82 Å². The molecule has 5 nitrogen and oxygen atoms in total. The normalized spacial score (nSPS) is 20.2. The lowest BCUT2D eigenvalue weighted by molar-refractivity contribution is -0.137. The van der Waals surface area contributed by atoms with Gasteiger partial charge in [0.25, 0.3) is 0 Å². The molecule has 2 aliphatic heterocycles. The van der Waals surface area contributed by atoms with Crippen molar-refractivity contribution in [1.29, 1.82) is 0 Å². The second-order valence-electron chi connectivity index (χ2n) is 6.99. The van der Waals surface area contributed by atoms with Crippen LogP contribution in [0.25, 0.3) is 0 Å². The minimum absolute atomic E-state index is 0.0625. The second kappa shape index (κ2) is 8.24. The van der Waals surface area contributed by atoms with Gasteiger partial charge in [-0.05, 0) is 43.7 Å². The molecule has 3 heterocycles. The van der Waals surface area contributed by atoms with Gasteiger partial charge in [0.15, 0.2) is 0 Å². The molecule has 3 rings (SSSR count). The van der Waals surface area contributed by atoms with Crippen molar-refractivity contribution >= 4 is 11.7 Å². The number of piperidine rings is 1. The Morgan fingerprint density at radius 2 is 1.92 bits per heavy atom. The first kappa shape index (κ1) is 18.9. The number of hydrogen-bond acceptors (Lipinski definition) is 4. The summed E-state index contributed by atoms with van der Waals surface area (Å²) in [4.78, 5) is 18.1. The van der Waals surface area contributed by atoms with Crippen molar-refractivity contribution in [3.63, 3.8) is 0 Å². The zero-order valence-electron chi connectivity index (χ0n) is 14.6. The molecule has 8 heteroatoms. The van der Waals surface area contributed by atoms with E-state index in [2.05, 4.69) is 10.3 Å². The molecule has 0 atom stereocenters. The van der Waals surface area contributed by atoms with Crippen LogP contribution in [0.15, 0.2) is 18.3 Å². The zero-order chi connectivity index (χ0) is 18.6. The molecule has 1 aromatic heterocycles. The van der Waals surface area contributed by atoms with E-state index >= 15 is 0 Å². The van der Waals surface area contributed by atoms with Crippen LogP contribution in [-0.2, 0) is 15.7 Å². The maximum atomic E-state index is 12.8. The monoisotopic (exact) mass is 371 g/mol. The molecule has 1 N–H and O–H groups in total. The van der Waals surface area contributed by atoms with Crippen molar-refractivity contribution in [3.05, 3.63) is 23.9 Å². The Balaban J connectivity index is 1.47. The summed E-state index contributed by atoms with van der Waals surface area (Å²) < 4.78 is 43.8. The van der Waals surface area contributed by atoms with Crippen molar-refractivity contribution in [2.24, 2.45) is 5.92 Å². The summed E-state index contributed by atoms with van der Waals surface area (Å²) in [6.07, 6.45) is 0.570. The van der Waals surface area contributed by atoms with Gasteiger partial charge >= 0.3 is 6.18 Å². The highest BCUT2D eigenvalue weighted by Crippen LogP contribution is 2.32. The number of halogens is 3. The first-order chi connectivity index (χ1) is 12.4. The molecule has 0 bridgehead atoms. The quantitative estimate of drug-likeness (QED) is 0.884. The van der Waals surface area contributed by atoms with Gasteiger partial charge in [-0.2, -0.15) is 13.2 Å². The van der Waals surface area contributed by atoms with Gasteiger partial charge in [-0.1, -0.05) is 0 Å². The molecule has 2 fully saturated rings. The molecule has 26 heavy (non-hydrogen) atoms. The molecule has 0 spiro atoms. The van der Waals surface area contributed by atoms with E-state index in [0.717, 1.165) is 37.8 Å². The number of pyridine rings is 1. The van der Waals surface area contributed by atoms with Gasteiger partial charge in [0.2, 0.25) is 5.91 Å². The van der Waals surface area contributed by atoms with Crippen LogP contribution in [0.1, 0.15) is 37.7 Å². The fraction of sp³-hybridized carbons (Fsp3) is 0.667. The van der Waals surface area contributed by atoms with E-state index in [1.54, 1.807) is 0 Å². The maximum Gasteiger partial charge on any atom is 0.416 e. The molecular formula is C18H24F3N3O2. The van der Waals surface area contributed by atoms with Gasteiger partial charge in [-0.15, -0.1) is 0 Å². The lowest BCUT2D eigenvalue weighted by atomic mass is 9.93. The number of nitrogens with zero attached hydrogens (tertiary/aromatic N) is 2. The Kier molecular flexibility index (Phi) is 6.01. The van der Waals surface area contributed by atoms with Gasteiger partial charge in [0, 0.05) is 45.0 Å². The molecule has 1 aromatic rings. The van der Waals surface area contributed by atoms with E-state index in [4.69, 9.17) is 4.74 Å². The van der Waals surface area contributed by atoms with Crippen LogP contribution >= 0.6 is 0 Å². The zero-order valence-corrected chi connectivity index (χ0v) is 14.6. The fourth-order valence-corrected chi connectivity index (χ4v) is 3.52. The van der Waals surface area contributed by atoms with Crippen LogP contribution in [0.5, 0.6) is 0 Å². The van der Waals surface area contributed by atoms with Crippen LogP contribution in [0, 0.1) is 5.92 Å². The van der Waals surface area contributed by atoms with Crippen LogP contribution < -0.4 is 10.2 Å². The van der Waals surface area contributed by atoms with E-state index in [0.29, 0.717) is 38.5 Å². The first-order valence-electron chi connectivity index (χ1n) is 9.07. The van der Waals surface area contributed by atoms with Gasteiger partial charge in [-0.25, -0.2) is 4.98 Å². The highest BCUT2D eigenvalue weighted by atomic mass is 19.4. The Labute approximate surface area is 150 Å². The van der Waals surface area contributed by atoms with Gasteiger partial charge in [-0.3, -0.25) is 4.79 Å². The molecule has 0 saturated carbocycles. The van der Waals surface area contributed by atoms with E-state index < -0.39 is 11.7 Å². The Bertz CT molecular complexity index is 610. The number of amides is 1. The fourth-order valence-electron chi connectivity index (χ4n) is 3.52. The summed E-state index contributed by atoms with van der Waals surface area (Å²) in [5.41, 5.74) is -0.680. The van der Waals surface area contributed by atoms with Crippen molar-refractivity contribution < 1.29 is 22.7 Å². The Morgan fingerprint density at radius 3 is 2.58 bits per heavy atom. The number of alkyl halides is 3. The number of carbonyl (C=O) groups excluding carboxylic acids is 1. The molecule has 0 unspecified atom stereocenters. The van der Waals surface area contributed by atoms with Crippen molar-refractivity contribution in [2.75, 3.05) is 31.2 Å². The number of aromatic nitrogens is 1. The number of ether oxygens (including phenoxy) is 1. The largest absolute Gasteiger partial charge is 0.416 e. The van der Waals surface area contributed by atoms with Crippen LogP contribution in [0.3, 0.4) is 0 Å². The third-order valence-electron chi connectivity index (χ3n) is 5.07. The molecule has 144 valence electrons. The standard InChI is InChI=1S/C18H24F3N3O2/c19-18(20,21)14-1-6-22-16(12-14)24-7-2-13(3-8-24)11-17(25)23-15-4-9-26-10-5-15/h1,6,12-13,15H,2-5,7-11H2,(H,23,25). The number of nitrogens with one attached hydrogen (secondary N) is 1. The van der Waals surface area contributed by atoms with Crippen LogP contribution in [0.4, 0.5) is 19.0 Å². The molecule has 0 aromatic carbocycles. The van der Waals surface area contributed by atoms with Gasteiger partial charge < -0.3 is 15.0 Å². The summed E-state index contributed by atoms with van der Waals surface area (Å²) in [5.74, 6) is 0.675. The van der Waals surface area contributed by atoms with Crippen molar-refractivity contribution in [2.45, 2.75) is 44.3 Å². The average molecular weight is 371 g/mol. The van der Waals surface area contributed by atoms with E-state index in [1.807, 2.05) is 4.90 Å². The van der Waals surface area contributed by atoms with E-state index in [1.165, 1.54) is 6.20 Å². The summed E-state index contributed by atoms with van der Waals surface area (Å²) in [7, 11) is 0. The molecular weight excluding hydrogens is 347 g/mol. The third kappa shape index (κ3) is 5.09. The molecule has 2 aliphatic rings. The minimum atomic E-state index is -4.36. The number of carbonyl (C=O) groups is 1. The molecule has 0 aliphatic carbocycles. The Morgan fingerprint density at radius 1 is 1.23 bits per heavy atom. The SMILES string of the molecule is O=C(CC1CCN(c2cc(C(F)(F)F)ccn2)CC1)NC1CCOCC1. The highest BCUT2D eigenvalue weighted by molar-refractivity contribution is 5.76. The highest BCUT2D eigenvalue weighted by Gasteiger charge is 2.32. The molecule has 1 amide bonds. The summed E-state index contributed by atoms with van der Waals surface area (Å²) >= 11 is 0. The predicted octanol–water partition coefficient (Wildman–Crippen LogP) is 3.00. The third-order valence-corrected chi connectivity index (χ3v) is 5.07. The van der Waals surface area contributed by atoms with E-state index in [9.17, 15) is 18.0 Å². The van der Waals surface area contributed by atoms with Crippen LogP contribution in [-0.4, -0.2) is 43.2 Å². The van der Waals surface area contributed by atoms with Crippen molar-refractivity contribution in [3.8, 4) is 0 Å². The average Bonchev–Trinajstić information content (AvgIpc) is 2.62. The van der Waals surface area contributed by atoms with Crippen LogP contribution in [0.2, 0.25) is 0 Å². The van der Waals surface area contributed by atoms with Crippen molar-refractivity contribution in [1.82, 2.24) is 10.3 Å². The van der Waals surface area contributed by atoms with Gasteiger partial charge in [0.05, 0.1) is 5.56 Å². The minimum Gasteiger partial charge on any atom is -0.381 e. The lowest BCUT2D eigenvalue weighted by Gasteiger charge is -2.33. The first-order valence-corrected chi connectivity index (χ1v) is 9.07. The Hall–Kier alpha value is -1.83. The summed E-state index contributed by atoms with van der Waals surface area (Å²) in [6, 6.07) is 2.28. The maximum absolute atomic E-state index is 12.8. The van der Waals surface area contributed by atoms with E-state index in [-0.39, 0.29) is 17.9 Å². The summed E-state index contributed by atoms with van der Waals surface area (Å²) in [5, 5.41) is 3.06. The molecule has 2 saturated heterocycles. The predicted molar refractivity (Wildman–Crippen MR) is 90.8 cm³/mol. The molecule has 0 radical (unpaired) electrons. The number of rotatable bonds is 4. The lowest BCUT2D eigenvalue weighted by Crippen LogP contribution is -2.41. The second-order valence-corrected chi connectivity index (χ2v) is 6.99.